The van der Waals surface area contributed by atoms with E-state index >= 15 is 0 Å². The average Bonchev–Trinajstić information content (AvgIpc) is 2.50. The molecule has 2 aliphatic heterocycles. The molecule has 0 bridgehead atoms. The van der Waals surface area contributed by atoms with Gasteiger partial charge in [-0.05, 0) is 31.2 Å². The lowest BCUT2D eigenvalue weighted by Gasteiger charge is -2.42. The van der Waals surface area contributed by atoms with Crippen LogP contribution in [-0.4, -0.2) is 47.3 Å². The second kappa shape index (κ2) is 5.65. The van der Waals surface area contributed by atoms with Crippen LogP contribution < -0.4 is 0 Å². The molecule has 0 saturated carbocycles. The van der Waals surface area contributed by atoms with Gasteiger partial charge < -0.3 is 9.80 Å². The molecule has 0 aliphatic carbocycles. The Balaban J connectivity index is 1.65. The first-order valence-electron chi connectivity index (χ1n) is 7.38. The van der Waals surface area contributed by atoms with E-state index in [1.54, 1.807) is 9.80 Å². The normalized spacial score (nSPS) is 22.9. The summed E-state index contributed by atoms with van der Waals surface area (Å²) >= 11 is 0. The van der Waals surface area contributed by atoms with E-state index < -0.39 is 0 Å². The molecular weight excluding hydrogens is 252 g/mol. The maximum absolute atomic E-state index is 12.5. The van der Waals surface area contributed by atoms with Crippen molar-refractivity contribution in [2.45, 2.75) is 31.7 Å². The largest absolute Gasteiger partial charge is 0.331 e. The quantitative estimate of drug-likeness (QED) is 0.835. The number of benzene rings is 1. The maximum atomic E-state index is 12.5. The van der Waals surface area contributed by atoms with Gasteiger partial charge in [-0.2, -0.15) is 0 Å². The lowest BCUT2D eigenvalue weighted by molar-refractivity contribution is -0.157. The first-order valence-corrected chi connectivity index (χ1v) is 7.38. The summed E-state index contributed by atoms with van der Waals surface area (Å²) in [7, 11) is 0. The number of fused-ring (bicyclic) bond motifs is 1. The van der Waals surface area contributed by atoms with Crippen molar-refractivity contribution in [2.75, 3.05) is 19.6 Å². The molecule has 2 saturated heterocycles. The molecule has 2 fully saturated rings. The highest BCUT2D eigenvalue weighted by Gasteiger charge is 2.39. The predicted molar refractivity (Wildman–Crippen MR) is 76.1 cm³/mol. The molecule has 2 amide bonds. The van der Waals surface area contributed by atoms with Crippen LogP contribution in [0.15, 0.2) is 30.3 Å². The van der Waals surface area contributed by atoms with E-state index in [2.05, 4.69) is 12.1 Å². The molecule has 4 nitrogen and oxygen atoms in total. The van der Waals surface area contributed by atoms with Crippen molar-refractivity contribution in [1.29, 1.82) is 0 Å². The van der Waals surface area contributed by atoms with Gasteiger partial charge in [0.25, 0.3) is 0 Å². The molecule has 1 atom stereocenters. The highest BCUT2D eigenvalue weighted by molar-refractivity contribution is 5.95. The molecule has 0 radical (unpaired) electrons. The van der Waals surface area contributed by atoms with Crippen molar-refractivity contribution in [3.63, 3.8) is 0 Å². The van der Waals surface area contributed by atoms with Crippen LogP contribution in [0.4, 0.5) is 0 Å². The average molecular weight is 272 g/mol. The Morgan fingerprint density at radius 1 is 1.10 bits per heavy atom. The third-order valence-electron chi connectivity index (χ3n) is 4.26. The molecule has 20 heavy (non-hydrogen) atoms. The summed E-state index contributed by atoms with van der Waals surface area (Å²) in [6, 6.07) is 9.91. The maximum Gasteiger partial charge on any atom is 0.245 e. The van der Waals surface area contributed by atoms with Crippen molar-refractivity contribution in [3.05, 3.63) is 35.9 Å². The summed E-state index contributed by atoms with van der Waals surface area (Å²) < 4.78 is 0. The van der Waals surface area contributed by atoms with Gasteiger partial charge in [-0.25, -0.2) is 0 Å². The van der Waals surface area contributed by atoms with E-state index in [-0.39, 0.29) is 24.4 Å². The molecule has 2 heterocycles. The van der Waals surface area contributed by atoms with Gasteiger partial charge in [0, 0.05) is 13.1 Å². The van der Waals surface area contributed by atoms with Crippen LogP contribution >= 0.6 is 0 Å². The van der Waals surface area contributed by atoms with Gasteiger partial charge in [-0.1, -0.05) is 30.3 Å². The monoisotopic (exact) mass is 272 g/mol. The van der Waals surface area contributed by atoms with Gasteiger partial charge in [0.2, 0.25) is 11.8 Å². The molecule has 3 rings (SSSR count). The molecule has 1 aromatic rings. The molecule has 1 unspecified atom stereocenters. The smallest absolute Gasteiger partial charge is 0.245 e. The summed E-state index contributed by atoms with van der Waals surface area (Å²) in [6.07, 6.45) is 3.71. The number of piperidine rings is 1. The molecule has 4 heteroatoms. The van der Waals surface area contributed by atoms with Crippen molar-refractivity contribution in [3.8, 4) is 0 Å². The Kier molecular flexibility index (Phi) is 3.72. The number of carbonyl (C=O) groups is 2. The Labute approximate surface area is 119 Å². The number of nitrogens with zero attached hydrogens (tertiary/aromatic N) is 2. The van der Waals surface area contributed by atoms with E-state index in [9.17, 15) is 9.59 Å². The fraction of sp³-hybridized carbons (Fsp3) is 0.500. The zero-order valence-electron chi connectivity index (χ0n) is 11.6. The van der Waals surface area contributed by atoms with Crippen LogP contribution in [0.3, 0.4) is 0 Å². The molecule has 106 valence electrons. The zero-order valence-corrected chi connectivity index (χ0v) is 11.6. The highest BCUT2D eigenvalue weighted by Crippen LogP contribution is 2.23. The second-order valence-corrected chi connectivity index (χ2v) is 5.59. The van der Waals surface area contributed by atoms with Crippen LogP contribution in [0, 0.1) is 0 Å². The van der Waals surface area contributed by atoms with Crippen LogP contribution in [0.25, 0.3) is 0 Å². The minimum atomic E-state index is -0.194. The first kappa shape index (κ1) is 13.2. The molecule has 1 aromatic carbocycles. The van der Waals surface area contributed by atoms with Gasteiger partial charge in [0.15, 0.2) is 0 Å². The topological polar surface area (TPSA) is 40.6 Å². The third-order valence-corrected chi connectivity index (χ3v) is 4.26. The van der Waals surface area contributed by atoms with Crippen molar-refractivity contribution >= 4 is 11.8 Å². The fourth-order valence-electron chi connectivity index (χ4n) is 3.13. The highest BCUT2D eigenvalue weighted by atomic mass is 16.2. The van der Waals surface area contributed by atoms with Crippen LogP contribution in [0.1, 0.15) is 24.8 Å². The number of amides is 2. The van der Waals surface area contributed by atoms with Crippen molar-refractivity contribution in [2.24, 2.45) is 0 Å². The number of piperazine rings is 1. The minimum absolute atomic E-state index is 0.113. The van der Waals surface area contributed by atoms with Gasteiger partial charge in [0.1, 0.15) is 6.04 Å². The SMILES string of the molecule is O=C1C2CCCCN2C(=O)CN1CCc1ccccc1. The summed E-state index contributed by atoms with van der Waals surface area (Å²) in [5, 5.41) is 0. The molecule has 2 aliphatic rings. The number of hydrogen-bond acceptors (Lipinski definition) is 2. The van der Waals surface area contributed by atoms with E-state index in [0.717, 1.165) is 32.2 Å². The first-order chi connectivity index (χ1) is 9.75. The second-order valence-electron chi connectivity index (χ2n) is 5.59. The van der Waals surface area contributed by atoms with Crippen LogP contribution in [0.5, 0.6) is 0 Å². The Morgan fingerprint density at radius 3 is 2.70 bits per heavy atom. The lowest BCUT2D eigenvalue weighted by atomic mass is 9.98. The van der Waals surface area contributed by atoms with Crippen molar-refractivity contribution in [1.82, 2.24) is 9.80 Å². The Hall–Kier alpha value is -1.84. The van der Waals surface area contributed by atoms with Gasteiger partial charge in [0.05, 0.1) is 6.54 Å². The standard InChI is InChI=1S/C16H20N2O2/c19-15-12-17(11-9-13-6-2-1-3-7-13)16(20)14-8-4-5-10-18(14)15/h1-3,6-7,14H,4-5,8-12H2. The number of rotatable bonds is 3. The van der Waals surface area contributed by atoms with Gasteiger partial charge >= 0.3 is 0 Å². The predicted octanol–water partition coefficient (Wildman–Crippen LogP) is 1.45. The summed E-state index contributed by atoms with van der Waals surface area (Å²) in [5.41, 5.74) is 1.21. The molecule has 0 aromatic heterocycles. The zero-order chi connectivity index (χ0) is 13.9. The Bertz CT molecular complexity index is 500. The van der Waals surface area contributed by atoms with Gasteiger partial charge in [-0.15, -0.1) is 0 Å². The molecular formula is C16H20N2O2. The third kappa shape index (κ3) is 2.55. The number of carbonyl (C=O) groups excluding carboxylic acids is 2. The van der Waals surface area contributed by atoms with E-state index in [1.807, 2.05) is 18.2 Å². The van der Waals surface area contributed by atoms with Crippen molar-refractivity contribution < 1.29 is 9.59 Å². The van der Waals surface area contributed by atoms with Gasteiger partial charge in [-0.3, -0.25) is 9.59 Å². The Morgan fingerprint density at radius 2 is 1.90 bits per heavy atom. The van der Waals surface area contributed by atoms with Crippen LogP contribution in [-0.2, 0) is 16.0 Å². The number of hydrogen-bond donors (Lipinski definition) is 0. The van der Waals surface area contributed by atoms with Crippen LogP contribution in [0.2, 0.25) is 0 Å². The van der Waals surface area contributed by atoms with E-state index in [1.165, 1.54) is 5.56 Å². The van der Waals surface area contributed by atoms with E-state index in [0.29, 0.717) is 6.54 Å². The minimum Gasteiger partial charge on any atom is -0.331 e. The summed E-state index contributed by atoms with van der Waals surface area (Å²) in [6.45, 7) is 1.64. The molecule has 0 spiro atoms. The summed E-state index contributed by atoms with van der Waals surface area (Å²) in [5.74, 6) is 0.252. The molecule has 0 N–H and O–H groups in total. The fourth-order valence-corrected chi connectivity index (χ4v) is 3.13. The summed E-state index contributed by atoms with van der Waals surface area (Å²) in [4.78, 5) is 28.1. The van der Waals surface area contributed by atoms with E-state index in [4.69, 9.17) is 0 Å². The lowest BCUT2D eigenvalue weighted by Crippen LogP contribution is -2.61.